The third-order valence-electron chi connectivity index (χ3n) is 3.56. The minimum Gasteiger partial charge on any atom is -0.339 e. The van der Waals surface area contributed by atoms with Crippen LogP contribution in [0, 0.1) is 5.92 Å². The maximum Gasteiger partial charge on any atom is 0.254 e. The largest absolute Gasteiger partial charge is 0.339 e. The van der Waals surface area contributed by atoms with E-state index >= 15 is 0 Å². The van der Waals surface area contributed by atoms with Gasteiger partial charge in [0, 0.05) is 22.6 Å². The van der Waals surface area contributed by atoms with E-state index in [0.717, 1.165) is 36.9 Å². The third-order valence-corrected chi connectivity index (χ3v) is 4.45. The number of hydrogen-bond donors (Lipinski definition) is 1. The van der Waals surface area contributed by atoms with Crippen LogP contribution in [0.15, 0.2) is 22.7 Å². The van der Waals surface area contributed by atoms with E-state index in [1.165, 1.54) is 0 Å². The van der Waals surface area contributed by atoms with Crippen LogP contribution in [0.3, 0.4) is 0 Å². The van der Waals surface area contributed by atoms with E-state index in [9.17, 15) is 4.79 Å². The average Bonchev–Trinajstić information content (AvgIpc) is 2.39. The Hall–Kier alpha value is -0.580. The van der Waals surface area contributed by atoms with Crippen LogP contribution in [0.4, 0.5) is 0 Å². The number of nitrogens with zero attached hydrogens (tertiary/aromatic N) is 1. The highest BCUT2D eigenvalue weighted by Gasteiger charge is 2.24. The van der Waals surface area contributed by atoms with E-state index in [1.54, 1.807) is 18.2 Å². The molecule has 19 heavy (non-hydrogen) atoms. The molecule has 0 saturated carbocycles. The van der Waals surface area contributed by atoms with Crippen molar-refractivity contribution in [2.75, 3.05) is 26.7 Å². The molecule has 0 spiro atoms. The minimum absolute atomic E-state index is 0.0893. The van der Waals surface area contributed by atoms with Crippen LogP contribution in [0.2, 0.25) is 5.02 Å². The lowest BCUT2D eigenvalue weighted by atomic mass is 9.96. The molecule has 1 heterocycles. The van der Waals surface area contributed by atoms with Crippen LogP contribution in [0.25, 0.3) is 0 Å². The summed E-state index contributed by atoms with van der Waals surface area (Å²) in [5.41, 5.74) is 0.691. The normalized spacial score (nSPS) is 16.7. The van der Waals surface area contributed by atoms with Crippen LogP contribution >= 0.6 is 27.5 Å². The number of hydrogen-bond acceptors (Lipinski definition) is 2. The first kappa shape index (κ1) is 14.8. The molecule has 0 unspecified atom stereocenters. The average molecular weight is 346 g/mol. The zero-order valence-electron chi connectivity index (χ0n) is 11.0. The first-order chi connectivity index (χ1) is 9.11. The molecule has 3 nitrogen and oxygen atoms in total. The second kappa shape index (κ2) is 6.73. The highest BCUT2D eigenvalue weighted by Crippen LogP contribution is 2.25. The number of nitrogens with one attached hydrogen (secondary N) is 1. The van der Waals surface area contributed by atoms with Gasteiger partial charge in [0.05, 0.1) is 5.56 Å². The van der Waals surface area contributed by atoms with Gasteiger partial charge in [-0.3, -0.25) is 4.79 Å². The van der Waals surface area contributed by atoms with E-state index in [-0.39, 0.29) is 5.91 Å². The lowest BCUT2D eigenvalue weighted by Crippen LogP contribution is -2.40. The lowest BCUT2D eigenvalue weighted by molar-refractivity contribution is 0.0690. The Balaban J connectivity index is 2.01. The van der Waals surface area contributed by atoms with Gasteiger partial charge in [0.15, 0.2) is 0 Å². The van der Waals surface area contributed by atoms with Gasteiger partial charge in [-0.15, -0.1) is 0 Å². The molecule has 0 radical (unpaired) electrons. The zero-order chi connectivity index (χ0) is 13.8. The maximum absolute atomic E-state index is 12.4. The molecule has 0 aliphatic carbocycles. The summed E-state index contributed by atoms with van der Waals surface area (Å²) in [6.07, 6.45) is 2.13. The van der Waals surface area contributed by atoms with E-state index in [2.05, 4.69) is 21.2 Å². The van der Waals surface area contributed by atoms with Crippen molar-refractivity contribution < 1.29 is 4.79 Å². The van der Waals surface area contributed by atoms with Gasteiger partial charge in [0.1, 0.15) is 0 Å². The summed E-state index contributed by atoms with van der Waals surface area (Å²) < 4.78 is 0.766. The number of piperidine rings is 1. The highest BCUT2D eigenvalue weighted by atomic mass is 79.9. The van der Waals surface area contributed by atoms with E-state index in [0.29, 0.717) is 16.5 Å². The smallest absolute Gasteiger partial charge is 0.254 e. The fourth-order valence-electron chi connectivity index (χ4n) is 2.46. The molecule has 1 aromatic rings. The number of likely N-dealkylation sites (tertiary alicyclic amines) is 1. The number of halogens is 2. The minimum atomic E-state index is 0.0893. The monoisotopic (exact) mass is 344 g/mol. The topological polar surface area (TPSA) is 32.3 Å². The molecule has 1 saturated heterocycles. The lowest BCUT2D eigenvalue weighted by Gasteiger charge is -2.32. The Morgan fingerprint density at radius 2 is 2.16 bits per heavy atom. The SMILES string of the molecule is CNCC1CCN(C(=O)c2ccc(Cl)cc2Br)CC1. The predicted octanol–water partition coefficient (Wildman–Crippen LogP) is 3.17. The molecule has 0 atom stereocenters. The van der Waals surface area contributed by atoms with Crippen molar-refractivity contribution in [3.05, 3.63) is 33.3 Å². The Bertz CT molecular complexity index is 459. The number of benzene rings is 1. The summed E-state index contributed by atoms with van der Waals surface area (Å²) in [5.74, 6) is 0.772. The Kier molecular flexibility index (Phi) is 5.25. The zero-order valence-corrected chi connectivity index (χ0v) is 13.3. The van der Waals surface area contributed by atoms with Crippen LogP contribution in [-0.2, 0) is 0 Å². The van der Waals surface area contributed by atoms with Crippen LogP contribution in [0.1, 0.15) is 23.2 Å². The number of amides is 1. The summed E-state index contributed by atoms with van der Waals surface area (Å²) in [4.78, 5) is 14.4. The van der Waals surface area contributed by atoms with Crippen LogP contribution in [-0.4, -0.2) is 37.5 Å². The van der Waals surface area contributed by atoms with Gasteiger partial charge in [-0.25, -0.2) is 0 Å². The quantitative estimate of drug-likeness (QED) is 0.912. The second-order valence-corrected chi connectivity index (χ2v) is 6.21. The summed E-state index contributed by atoms with van der Waals surface area (Å²) in [7, 11) is 1.97. The summed E-state index contributed by atoms with van der Waals surface area (Å²) in [6, 6.07) is 5.31. The number of rotatable bonds is 3. The Morgan fingerprint density at radius 1 is 1.47 bits per heavy atom. The van der Waals surface area contributed by atoms with Crippen molar-refractivity contribution in [2.24, 2.45) is 5.92 Å². The van der Waals surface area contributed by atoms with E-state index in [4.69, 9.17) is 11.6 Å². The van der Waals surface area contributed by atoms with Crippen molar-refractivity contribution in [1.29, 1.82) is 0 Å². The number of carbonyl (C=O) groups excluding carboxylic acids is 1. The van der Waals surface area contributed by atoms with E-state index in [1.807, 2.05) is 11.9 Å². The van der Waals surface area contributed by atoms with Gasteiger partial charge in [0.2, 0.25) is 0 Å². The molecule has 0 aromatic heterocycles. The van der Waals surface area contributed by atoms with Crippen molar-refractivity contribution in [3.63, 3.8) is 0 Å². The molecule has 1 aliphatic heterocycles. The molecule has 5 heteroatoms. The molecule has 104 valence electrons. The Morgan fingerprint density at radius 3 is 2.74 bits per heavy atom. The second-order valence-electron chi connectivity index (χ2n) is 4.92. The number of carbonyl (C=O) groups is 1. The van der Waals surface area contributed by atoms with Gasteiger partial charge < -0.3 is 10.2 Å². The fourth-order valence-corrected chi connectivity index (χ4v) is 3.31. The van der Waals surface area contributed by atoms with Crippen molar-refractivity contribution in [1.82, 2.24) is 10.2 Å². The molecule has 1 aromatic carbocycles. The summed E-state index contributed by atoms with van der Waals surface area (Å²) >= 11 is 9.31. The summed E-state index contributed by atoms with van der Waals surface area (Å²) in [5, 5.41) is 3.84. The van der Waals surface area contributed by atoms with Gasteiger partial charge in [0.25, 0.3) is 5.91 Å². The predicted molar refractivity (Wildman–Crippen MR) is 81.7 cm³/mol. The van der Waals surface area contributed by atoms with Gasteiger partial charge >= 0.3 is 0 Å². The van der Waals surface area contributed by atoms with Gasteiger partial charge in [-0.1, -0.05) is 11.6 Å². The standard InChI is InChI=1S/C14H18BrClN2O/c1-17-9-10-4-6-18(7-5-10)14(19)12-3-2-11(16)8-13(12)15/h2-3,8,10,17H,4-7,9H2,1H3. The van der Waals surface area contributed by atoms with Crippen LogP contribution in [0.5, 0.6) is 0 Å². The van der Waals surface area contributed by atoms with Gasteiger partial charge in [-0.05, 0) is 66.5 Å². The van der Waals surface area contributed by atoms with Crippen molar-refractivity contribution in [3.8, 4) is 0 Å². The van der Waals surface area contributed by atoms with Crippen LogP contribution < -0.4 is 5.32 Å². The molecular weight excluding hydrogens is 328 g/mol. The fraction of sp³-hybridized carbons (Fsp3) is 0.500. The summed E-state index contributed by atoms with van der Waals surface area (Å²) in [6.45, 7) is 2.70. The third kappa shape index (κ3) is 3.71. The maximum atomic E-state index is 12.4. The molecule has 1 aliphatic rings. The molecule has 1 amide bonds. The van der Waals surface area contributed by atoms with Gasteiger partial charge in [-0.2, -0.15) is 0 Å². The first-order valence-electron chi connectivity index (χ1n) is 6.50. The molecule has 1 N–H and O–H groups in total. The molecular formula is C14H18BrClN2O. The highest BCUT2D eigenvalue weighted by molar-refractivity contribution is 9.10. The first-order valence-corrected chi connectivity index (χ1v) is 7.68. The molecule has 0 bridgehead atoms. The van der Waals surface area contributed by atoms with Crippen molar-refractivity contribution in [2.45, 2.75) is 12.8 Å². The van der Waals surface area contributed by atoms with Crippen molar-refractivity contribution >= 4 is 33.4 Å². The molecule has 2 rings (SSSR count). The molecule has 1 fully saturated rings. The Labute approximate surface area is 127 Å². The van der Waals surface area contributed by atoms with E-state index < -0.39 is 0 Å².